The van der Waals surface area contributed by atoms with Gasteiger partial charge >= 0.3 is 0 Å². The summed E-state index contributed by atoms with van der Waals surface area (Å²) < 4.78 is 6.41. The van der Waals surface area contributed by atoms with Crippen molar-refractivity contribution in [3.63, 3.8) is 0 Å². The van der Waals surface area contributed by atoms with Crippen LogP contribution in [0.1, 0.15) is 41.5 Å². The van der Waals surface area contributed by atoms with Gasteiger partial charge in [-0.25, -0.2) is 0 Å². The molecule has 2 aromatic rings. The van der Waals surface area contributed by atoms with E-state index in [1.807, 2.05) is 56.5 Å². The van der Waals surface area contributed by atoms with E-state index < -0.39 is 11.0 Å². The highest BCUT2D eigenvalue weighted by atomic mass is 16.5. The fraction of sp³-hybridized carbons (Fsp3) is 0.433. The number of benzene rings is 2. The van der Waals surface area contributed by atoms with Crippen molar-refractivity contribution in [1.29, 1.82) is 0 Å². The third-order valence-electron chi connectivity index (χ3n) is 9.20. The molecule has 1 spiro atoms. The van der Waals surface area contributed by atoms with Crippen LogP contribution in [0, 0.1) is 6.92 Å². The lowest BCUT2D eigenvalue weighted by Gasteiger charge is -2.66. The van der Waals surface area contributed by atoms with Crippen LogP contribution < -0.4 is 4.74 Å². The largest absolute Gasteiger partial charge is 0.504 e. The molecule has 2 N–H and O–H groups in total. The van der Waals surface area contributed by atoms with E-state index in [1.54, 1.807) is 17.0 Å². The number of carbonyl (C=O) groups excluding carboxylic acids is 1. The molecule has 188 valence electrons. The smallest absolute Gasteiger partial charge is 0.246 e. The van der Waals surface area contributed by atoms with E-state index in [0.717, 1.165) is 28.8 Å². The van der Waals surface area contributed by atoms with Gasteiger partial charge in [0.2, 0.25) is 5.91 Å². The Morgan fingerprint density at radius 3 is 2.92 bits per heavy atom. The van der Waals surface area contributed by atoms with E-state index in [-0.39, 0.29) is 29.8 Å². The van der Waals surface area contributed by atoms with Crippen LogP contribution in [0.25, 0.3) is 6.08 Å². The van der Waals surface area contributed by atoms with Crippen molar-refractivity contribution < 1.29 is 19.7 Å². The molecule has 5 atom stereocenters. The minimum atomic E-state index is -1.22. The van der Waals surface area contributed by atoms with Crippen molar-refractivity contribution in [3.8, 4) is 11.5 Å². The molecule has 2 fully saturated rings. The quantitative estimate of drug-likeness (QED) is 0.499. The van der Waals surface area contributed by atoms with Gasteiger partial charge in [0, 0.05) is 31.3 Å². The molecule has 36 heavy (non-hydrogen) atoms. The third kappa shape index (κ3) is 3.01. The Morgan fingerprint density at radius 2 is 2.14 bits per heavy atom. The first-order chi connectivity index (χ1) is 17.3. The second-order valence-corrected chi connectivity index (χ2v) is 10.9. The van der Waals surface area contributed by atoms with Crippen molar-refractivity contribution in [2.75, 3.05) is 20.1 Å². The van der Waals surface area contributed by atoms with Crippen LogP contribution in [-0.4, -0.2) is 69.8 Å². The number of likely N-dealkylation sites (tertiary alicyclic amines) is 1. The lowest BCUT2D eigenvalue weighted by molar-refractivity contribution is -0.215. The molecule has 2 bridgehead atoms. The van der Waals surface area contributed by atoms with E-state index in [0.29, 0.717) is 38.0 Å². The van der Waals surface area contributed by atoms with Gasteiger partial charge in [0.15, 0.2) is 11.5 Å². The first-order valence-electron chi connectivity index (χ1n) is 12.9. The summed E-state index contributed by atoms with van der Waals surface area (Å²) in [5.74, 6) is 0.536. The number of carbonyl (C=O) groups is 1. The van der Waals surface area contributed by atoms with Crippen LogP contribution in [0.15, 0.2) is 55.1 Å². The van der Waals surface area contributed by atoms with E-state index >= 15 is 0 Å². The van der Waals surface area contributed by atoms with Gasteiger partial charge < -0.3 is 19.8 Å². The molecule has 6 nitrogen and oxygen atoms in total. The third-order valence-corrected chi connectivity index (χ3v) is 9.20. The topological polar surface area (TPSA) is 73.2 Å². The van der Waals surface area contributed by atoms with Gasteiger partial charge in [-0.1, -0.05) is 42.0 Å². The second kappa shape index (κ2) is 8.22. The molecule has 2 aliphatic heterocycles. The Balaban J connectivity index is 1.43. The molecule has 6 rings (SSSR count). The average Bonchev–Trinajstić information content (AvgIpc) is 3.20. The zero-order valence-corrected chi connectivity index (χ0v) is 21.0. The second-order valence-electron chi connectivity index (χ2n) is 10.9. The number of hydrogen-bond acceptors (Lipinski definition) is 5. The number of nitrogens with zero attached hydrogens (tertiary/aromatic N) is 2. The average molecular weight is 487 g/mol. The Morgan fingerprint density at radius 1 is 1.31 bits per heavy atom. The van der Waals surface area contributed by atoms with Gasteiger partial charge in [0.05, 0.1) is 11.5 Å². The highest BCUT2D eigenvalue weighted by Crippen LogP contribution is 2.65. The zero-order chi connectivity index (χ0) is 25.2. The minimum absolute atomic E-state index is 0.126. The number of aryl methyl sites for hydroxylation is 1. The number of ether oxygens (including phenoxy) is 1. The standard InChI is InChI=1S/C30H34N2O4/c1-4-15-32-16-14-29-25-12-11-23(31(3)26(34)13-8-20-7-5-6-19(2)17-20)30(29,35)24(32)18-21-9-10-22(33)28(36-25)27(21)29/h4-10,13,17,23-25,33,35H,1,11-12,14-16,18H2,2-3H3/t23-,24-,25+,29-,30-/m1/s1. The van der Waals surface area contributed by atoms with Crippen LogP contribution in [0.2, 0.25) is 0 Å². The number of piperidine rings is 1. The number of phenolic OH excluding ortho intramolecular Hbond substituents is 1. The maximum atomic E-state index is 13.5. The summed E-state index contributed by atoms with van der Waals surface area (Å²) in [7, 11) is 1.81. The summed E-state index contributed by atoms with van der Waals surface area (Å²) in [5.41, 5.74) is 2.33. The van der Waals surface area contributed by atoms with Crippen molar-refractivity contribution in [2.24, 2.45) is 0 Å². The van der Waals surface area contributed by atoms with Crippen LogP contribution in [0.5, 0.6) is 11.5 Å². The molecule has 1 amide bonds. The van der Waals surface area contributed by atoms with E-state index in [9.17, 15) is 15.0 Å². The van der Waals surface area contributed by atoms with Gasteiger partial charge in [-0.2, -0.15) is 0 Å². The van der Waals surface area contributed by atoms with Crippen LogP contribution in [0.3, 0.4) is 0 Å². The highest BCUT2D eigenvalue weighted by molar-refractivity contribution is 5.92. The number of phenols is 1. The van der Waals surface area contributed by atoms with Gasteiger partial charge in [-0.15, -0.1) is 6.58 Å². The molecule has 0 aromatic heterocycles. The Bertz CT molecular complexity index is 1270. The molecule has 2 aliphatic carbocycles. The summed E-state index contributed by atoms with van der Waals surface area (Å²) in [6.07, 6.45) is 7.82. The predicted molar refractivity (Wildman–Crippen MR) is 139 cm³/mol. The number of aliphatic hydroxyl groups is 1. The van der Waals surface area contributed by atoms with Gasteiger partial charge in [-0.05, 0) is 62.4 Å². The normalized spacial score (nSPS) is 32.1. The predicted octanol–water partition coefficient (Wildman–Crippen LogP) is 3.58. The van der Waals surface area contributed by atoms with Gasteiger partial charge in [0.25, 0.3) is 0 Å². The number of hydrogen-bond donors (Lipinski definition) is 2. The molecule has 0 radical (unpaired) electrons. The lowest BCUT2D eigenvalue weighted by Crippen LogP contribution is -2.81. The monoisotopic (exact) mass is 486 g/mol. The number of amides is 1. The Kier molecular flexibility index (Phi) is 5.32. The number of likely N-dealkylation sites (N-methyl/N-ethyl adjacent to an activating group) is 1. The maximum Gasteiger partial charge on any atom is 0.246 e. The lowest BCUT2D eigenvalue weighted by atomic mass is 9.47. The molecule has 2 aromatic carbocycles. The Labute approximate surface area is 212 Å². The van der Waals surface area contributed by atoms with E-state index in [4.69, 9.17) is 4.74 Å². The minimum Gasteiger partial charge on any atom is -0.504 e. The fourth-order valence-corrected chi connectivity index (χ4v) is 7.72. The van der Waals surface area contributed by atoms with Crippen molar-refractivity contribution in [2.45, 2.75) is 61.8 Å². The first kappa shape index (κ1) is 23.3. The molecule has 2 heterocycles. The summed E-state index contributed by atoms with van der Waals surface area (Å²) in [6, 6.07) is 11.2. The zero-order valence-electron chi connectivity index (χ0n) is 21.0. The summed E-state index contributed by atoms with van der Waals surface area (Å²) in [6.45, 7) is 7.47. The summed E-state index contributed by atoms with van der Waals surface area (Å²) >= 11 is 0. The van der Waals surface area contributed by atoms with Gasteiger partial charge in [-0.3, -0.25) is 9.69 Å². The molecular formula is C30H34N2O4. The van der Waals surface area contributed by atoms with Crippen LogP contribution >= 0.6 is 0 Å². The first-order valence-corrected chi connectivity index (χ1v) is 12.9. The molecule has 4 aliphatic rings. The molecule has 1 saturated heterocycles. The summed E-state index contributed by atoms with van der Waals surface area (Å²) in [4.78, 5) is 17.5. The molecule has 1 saturated carbocycles. The van der Waals surface area contributed by atoms with Crippen molar-refractivity contribution in [3.05, 3.63) is 77.4 Å². The SMILES string of the molecule is C=CCN1CC[C@]23c4c5ccc(O)c4O[C@H]2CC[C@@H](N(C)C(=O)C=Cc2cccc(C)c2)[C@@]3(O)[C@H]1C5. The number of rotatable bonds is 5. The molecule has 0 unspecified atom stereocenters. The fourth-order valence-electron chi connectivity index (χ4n) is 7.72. The molecule has 6 heteroatoms. The van der Waals surface area contributed by atoms with Crippen molar-refractivity contribution in [1.82, 2.24) is 9.80 Å². The Hall–Kier alpha value is -3.09. The van der Waals surface area contributed by atoms with E-state index in [2.05, 4.69) is 11.5 Å². The molecular weight excluding hydrogens is 452 g/mol. The van der Waals surface area contributed by atoms with E-state index in [1.165, 1.54) is 0 Å². The maximum absolute atomic E-state index is 13.5. The van der Waals surface area contributed by atoms with Crippen LogP contribution in [-0.2, 0) is 16.6 Å². The number of aromatic hydroxyl groups is 1. The summed E-state index contributed by atoms with van der Waals surface area (Å²) in [5, 5.41) is 23.6. The van der Waals surface area contributed by atoms with Crippen molar-refractivity contribution >= 4 is 12.0 Å². The highest BCUT2D eigenvalue weighted by Gasteiger charge is 2.74. The van der Waals surface area contributed by atoms with Crippen LogP contribution in [0.4, 0.5) is 0 Å². The van der Waals surface area contributed by atoms with Gasteiger partial charge in [0.1, 0.15) is 11.7 Å².